The van der Waals surface area contributed by atoms with Crippen molar-refractivity contribution in [1.82, 2.24) is 10.6 Å². The van der Waals surface area contributed by atoms with Crippen LogP contribution in [0.3, 0.4) is 0 Å². The fourth-order valence-corrected chi connectivity index (χ4v) is 2.28. The van der Waals surface area contributed by atoms with Crippen molar-refractivity contribution in [2.45, 2.75) is 39.3 Å². The molecule has 1 atom stereocenters. The first-order valence-corrected chi connectivity index (χ1v) is 7.91. The van der Waals surface area contributed by atoms with E-state index in [-0.39, 0.29) is 17.8 Å². The summed E-state index contributed by atoms with van der Waals surface area (Å²) in [5.74, 6) is 0.274. The van der Waals surface area contributed by atoms with E-state index in [1.54, 1.807) is 12.1 Å². The second-order valence-corrected chi connectivity index (χ2v) is 5.92. The Bertz CT molecular complexity index is 621. The summed E-state index contributed by atoms with van der Waals surface area (Å²) in [6, 6.07) is 15.2. The number of aryl methyl sites for hydroxylation is 2. The molecule has 2 aromatic rings. The molecular formula is C19H24N2O2. The van der Waals surface area contributed by atoms with Gasteiger partial charge in [-0.2, -0.15) is 0 Å². The van der Waals surface area contributed by atoms with Crippen molar-refractivity contribution in [2.75, 3.05) is 0 Å². The fraction of sp³-hybridized carbons (Fsp3) is 0.316. The minimum Gasteiger partial charge on any atom is -0.508 e. The SMILES string of the molecule is Cc1ccc(CNC(=O)N[C@H](C)CCc2ccc(O)cc2)cc1. The summed E-state index contributed by atoms with van der Waals surface area (Å²) >= 11 is 0. The molecule has 2 aromatic carbocycles. The molecule has 0 fully saturated rings. The van der Waals surface area contributed by atoms with Crippen LogP contribution in [0.15, 0.2) is 48.5 Å². The van der Waals surface area contributed by atoms with Crippen molar-refractivity contribution in [1.29, 1.82) is 0 Å². The number of phenols is 1. The number of urea groups is 1. The largest absolute Gasteiger partial charge is 0.508 e. The molecule has 0 aromatic heterocycles. The van der Waals surface area contributed by atoms with E-state index in [9.17, 15) is 9.90 Å². The zero-order valence-electron chi connectivity index (χ0n) is 13.7. The lowest BCUT2D eigenvalue weighted by Crippen LogP contribution is -2.40. The third kappa shape index (κ3) is 6.02. The zero-order chi connectivity index (χ0) is 16.7. The topological polar surface area (TPSA) is 61.4 Å². The Morgan fingerprint density at radius 1 is 1.04 bits per heavy atom. The van der Waals surface area contributed by atoms with Crippen molar-refractivity contribution in [3.05, 3.63) is 65.2 Å². The Balaban J connectivity index is 1.69. The standard InChI is InChI=1S/C19H24N2O2/c1-14-3-6-17(7-4-14)13-20-19(23)21-15(2)5-8-16-9-11-18(22)12-10-16/h3-4,6-7,9-12,15,22H,5,8,13H2,1-2H3,(H2,20,21,23)/t15-/m1/s1. The van der Waals surface area contributed by atoms with Gasteiger partial charge in [0.05, 0.1) is 0 Å². The Kier molecular flexibility index (Phi) is 6.03. The number of hydrogen-bond acceptors (Lipinski definition) is 2. The normalized spacial score (nSPS) is 11.7. The van der Waals surface area contributed by atoms with Crippen LogP contribution >= 0.6 is 0 Å². The van der Waals surface area contributed by atoms with Gasteiger partial charge < -0.3 is 15.7 Å². The number of phenolic OH excluding ortho intramolecular Hbond substituents is 1. The molecule has 0 saturated heterocycles. The minimum atomic E-state index is -0.149. The van der Waals surface area contributed by atoms with Crippen molar-refractivity contribution < 1.29 is 9.90 Å². The summed E-state index contributed by atoms with van der Waals surface area (Å²) < 4.78 is 0. The number of hydrogen-bond donors (Lipinski definition) is 3. The van der Waals surface area contributed by atoms with Gasteiger partial charge in [0, 0.05) is 12.6 Å². The summed E-state index contributed by atoms with van der Waals surface area (Å²) in [7, 11) is 0. The summed E-state index contributed by atoms with van der Waals surface area (Å²) in [5, 5.41) is 15.1. The zero-order valence-corrected chi connectivity index (χ0v) is 13.7. The van der Waals surface area contributed by atoms with E-state index in [1.165, 1.54) is 5.56 Å². The van der Waals surface area contributed by atoms with E-state index < -0.39 is 0 Å². The number of rotatable bonds is 6. The van der Waals surface area contributed by atoms with Gasteiger partial charge in [-0.3, -0.25) is 0 Å². The molecule has 23 heavy (non-hydrogen) atoms. The molecule has 3 N–H and O–H groups in total. The average molecular weight is 312 g/mol. The summed E-state index contributed by atoms with van der Waals surface area (Å²) in [6.45, 7) is 4.56. The Morgan fingerprint density at radius 3 is 2.30 bits per heavy atom. The molecule has 4 heteroatoms. The van der Waals surface area contributed by atoms with Crippen LogP contribution in [0.2, 0.25) is 0 Å². The van der Waals surface area contributed by atoms with Crippen molar-refractivity contribution in [2.24, 2.45) is 0 Å². The quantitative estimate of drug-likeness (QED) is 0.764. The second kappa shape index (κ2) is 8.22. The maximum atomic E-state index is 11.9. The van der Waals surface area contributed by atoms with Gasteiger partial charge >= 0.3 is 6.03 Å². The molecule has 2 rings (SSSR count). The van der Waals surface area contributed by atoms with Gasteiger partial charge in [-0.05, 0) is 49.9 Å². The molecule has 4 nitrogen and oxygen atoms in total. The maximum absolute atomic E-state index is 11.9. The molecular weight excluding hydrogens is 288 g/mol. The average Bonchev–Trinajstić information content (AvgIpc) is 2.54. The van der Waals surface area contributed by atoms with Crippen LogP contribution in [-0.4, -0.2) is 17.2 Å². The third-order valence-corrected chi connectivity index (χ3v) is 3.75. The predicted octanol–water partition coefficient (Wildman–Crippen LogP) is 3.52. The summed E-state index contributed by atoms with van der Waals surface area (Å²) in [6.07, 6.45) is 1.71. The lowest BCUT2D eigenvalue weighted by atomic mass is 10.1. The van der Waals surface area contributed by atoms with Crippen molar-refractivity contribution in [3.63, 3.8) is 0 Å². The van der Waals surface area contributed by atoms with Crippen LogP contribution < -0.4 is 10.6 Å². The monoisotopic (exact) mass is 312 g/mol. The highest BCUT2D eigenvalue weighted by Gasteiger charge is 2.07. The molecule has 0 spiro atoms. The van der Waals surface area contributed by atoms with E-state index >= 15 is 0 Å². The number of aromatic hydroxyl groups is 1. The van der Waals surface area contributed by atoms with Crippen LogP contribution in [0.4, 0.5) is 4.79 Å². The molecule has 0 aliphatic rings. The van der Waals surface area contributed by atoms with Crippen LogP contribution in [0.25, 0.3) is 0 Å². The van der Waals surface area contributed by atoms with E-state index in [0.717, 1.165) is 24.0 Å². The number of carbonyl (C=O) groups is 1. The van der Waals surface area contributed by atoms with Gasteiger partial charge in [-0.1, -0.05) is 42.0 Å². The Hall–Kier alpha value is -2.49. The molecule has 0 aliphatic heterocycles. The van der Waals surface area contributed by atoms with Gasteiger partial charge in [-0.25, -0.2) is 4.79 Å². The smallest absolute Gasteiger partial charge is 0.315 e. The van der Waals surface area contributed by atoms with Gasteiger partial charge in [0.2, 0.25) is 0 Å². The maximum Gasteiger partial charge on any atom is 0.315 e. The molecule has 0 aliphatic carbocycles. The fourth-order valence-electron chi connectivity index (χ4n) is 2.28. The van der Waals surface area contributed by atoms with Crippen LogP contribution in [0.5, 0.6) is 5.75 Å². The Labute approximate surface area is 137 Å². The molecule has 0 saturated carbocycles. The molecule has 2 amide bonds. The lowest BCUT2D eigenvalue weighted by Gasteiger charge is -2.15. The van der Waals surface area contributed by atoms with E-state index in [1.807, 2.05) is 50.2 Å². The number of carbonyl (C=O) groups excluding carboxylic acids is 1. The molecule has 122 valence electrons. The first kappa shape index (κ1) is 16.9. The first-order chi connectivity index (χ1) is 11.0. The van der Waals surface area contributed by atoms with Crippen LogP contribution in [0, 0.1) is 6.92 Å². The highest BCUT2D eigenvalue weighted by atomic mass is 16.3. The van der Waals surface area contributed by atoms with Crippen LogP contribution in [0.1, 0.15) is 30.0 Å². The van der Waals surface area contributed by atoms with Gasteiger partial charge in [-0.15, -0.1) is 0 Å². The number of benzene rings is 2. The summed E-state index contributed by atoms with van der Waals surface area (Å²) in [4.78, 5) is 11.9. The van der Waals surface area contributed by atoms with Crippen molar-refractivity contribution >= 4 is 6.03 Å². The third-order valence-electron chi connectivity index (χ3n) is 3.75. The first-order valence-electron chi connectivity index (χ1n) is 7.91. The number of nitrogens with one attached hydrogen (secondary N) is 2. The molecule has 0 radical (unpaired) electrons. The Morgan fingerprint density at radius 2 is 1.65 bits per heavy atom. The van der Waals surface area contributed by atoms with Gasteiger partial charge in [0.15, 0.2) is 0 Å². The highest BCUT2D eigenvalue weighted by molar-refractivity contribution is 5.74. The van der Waals surface area contributed by atoms with E-state index in [0.29, 0.717) is 6.54 Å². The summed E-state index contributed by atoms with van der Waals surface area (Å²) in [5.41, 5.74) is 3.44. The highest BCUT2D eigenvalue weighted by Crippen LogP contribution is 2.11. The predicted molar refractivity (Wildman–Crippen MR) is 92.4 cm³/mol. The minimum absolute atomic E-state index is 0.0850. The lowest BCUT2D eigenvalue weighted by molar-refractivity contribution is 0.237. The van der Waals surface area contributed by atoms with E-state index in [2.05, 4.69) is 10.6 Å². The van der Waals surface area contributed by atoms with E-state index in [4.69, 9.17) is 0 Å². The van der Waals surface area contributed by atoms with Gasteiger partial charge in [0.1, 0.15) is 5.75 Å². The molecule has 0 bridgehead atoms. The van der Waals surface area contributed by atoms with Crippen molar-refractivity contribution in [3.8, 4) is 5.75 Å². The van der Waals surface area contributed by atoms with Gasteiger partial charge in [0.25, 0.3) is 0 Å². The molecule has 0 heterocycles. The molecule has 0 unspecified atom stereocenters. The second-order valence-electron chi connectivity index (χ2n) is 5.92. The van der Waals surface area contributed by atoms with Crippen LogP contribution in [-0.2, 0) is 13.0 Å². The number of amides is 2.